The highest BCUT2D eigenvalue weighted by molar-refractivity contribution is 5.79. The molecule has 3 heterocycles. The molecule has 0 spiro atoms. The minimum atomic E-state index is -0.199. The van der Waals surface area contributed by atoms with Crippen LogP contribution in [-0.2, 0) is 13.6 Å². The molecule has 1 aliphatic carbocycles. The molecule has 0 unspecified atom stereocenters. The van der Waals surface area contributed by atoms with Crippen LogP contribution in [0.15, 0.2) is 15.5 Å². The molecule has 8 heteroatoms. The van der Waals surface area contributed by atoms with E-state index in [-0.39, 0.29) is 12.1 Å². The lowest BCUT2D eigenvalue weighted by atomic mass is 9.85. The summed E-state index contributed by atoms with van der Waals surface area (Å²) in [4.78, 5) is 16.9. The lowest BCUT2D eigenvalue weighted by Gasteiger charge is -2.20. The second-order valence-corrected chi connectivity index (χ2v) is 5.76. The second-order valence-electron chi connectivity index (χ2n) is 5.76. The summed E-state index contributed by atoms with van der Waals surface area (Å²) in [5, 5.41) is 13.2. The second kappa shape index (κ2) is 4.75. The van der Waals surface area contributed by atoms with Crippen LogP contribution < -0.4 is 5.56 Å². The monoisotopic (exact) mass is 300 g/mol. The van der Waals surface area contributed by atoms with E-state index in [1.54, 1.807) is 17.9 Å². The first kappa shape index (κ1) is 13.2. The summed E-state index contributed by atoms with van der Waals surface area (Å²) in [6, 6.07) is 0. The fraction of sp³-hybridized carbons (Fsp3) is 0.500. The molecule has 0 N–H and O–H groups in total. The van der Waals surface area contributed by atoms with E-state index in [0.29, 0.717) is 23.1 Å². The topological polar surface area (TPSA) is 91.6 Å². The Bertz CT molecular complexity index is 902. The molecule has 3 aromatic rings. The Hall–Kier alpha value is -2.51. The maximum Gasteiger partial charge on any atom is 0.293 e. The Balaban J connectivity index is 1.69. The van der Waals surface area contributed by atoms with Gasteiger partial charge in [0.15, 0.2) is 5.82 Å². The van der Waals surface area contributed by atoms with Crippen molar-refractivity contribution in [3.05, 3.63) is 34.0 Å². The molecule has 0 amide bonds. The van der Waals surface area contributed by atoms with Crippen molar-refractivity contribution in [2.24, 2.45) is 7.05 Å². The van der Waals surface area contributed by atoms with E-state index in [9.17, 15) is 4.79 Å². The van der Waals surface area contributed by atoms with Crippen molar-refractivity contribution < 1.29 is 4.52 Å². The van der Waals surface area contributed by atoms with Gasteiger partial charge in [-0.1, -0.05) is 11.6 Å². The van der Waals surface area contributed by atoms with E-state index in [0.717, 1.165) is 23.9 Å². The van der Waals surface area contributed by atoms with Gasteiger partial charge in [0, 0.05) is 18.4 Å². The summed E-state index contributed by atoms with van der Waals surface area (Å²) in [6.45, 7) is 2.06. The molecular formula is C14H16N6O2. The lowest BCUT2D eigenvalue weighted by molar-refractivity contribution is 0.290. The molecule has 0 bridgehead atoms. The highest BCUT2D eigenvalue weighted by atomic mass is 16.5. The molecule has 0 aliphatic heterocycles. The molecule has 22 heavy (non-hydrogen) atoms. The number of hydrogen-bond donors (Lipinski definition) is 0. The Morgan fingerprint density at radius 3 is 2.95 bits per heavy atom. The SMILES string of the molecule is Cc1nn(C)c2c(=O)n(Cc3noc(C4CCC4)n3)ncc12. The number of aryl methyl sites for hydroxylation is 2. The van der Waals surface area contributed by atoms with Gasteiger partial charge in [-0.15, -0.1) is 0 Å². The summed E-state index contributed by atoms with van der Waals surface area (Å²) in [5.74, 6) is 1.54. The van der Waals surface area contributed by atoms with Gasteiger partial charge in [0.05, 0.1) is 11.9 Å². The van der Waals surface area contributed by atoms with E-state index in [1.165, 1.54) is 11.1 Å². The summed E-state index contributed by atoms with van der Waals surface area (Å²) >= 11 is 0. The average molecular weight is 300 g/mol. The number of nitrogens with zero attached hydrogens (tertiary/aromatic N) is 6. The number of hydrogen-bond acceptors (Lipinski definition) is 6. The lowest BCUT2D eigenvalue weighted by Crippen LogP contribution is -2.25. The normalized spacial score (nSPS) is 15.4. The molecule has 0 atom stereocenters. The van der Waals surface area contributed by atoms with E-state index in [1.807, 2.05) is 6.92 Å². The molecule has 1 fully saturated rings. The zero-order chi connectivity index (χ0) is 15.3. The molecule has 0 aromatic carbocycles. The minimum absolute atomic E-state index is 0.199. The number of fused-ring (bicyclic) bond motifs is 1. The highest BCUT2D eigenvalue weighted by Gasteiger charge is 2.25. The van der Waals surface area contributed by atoms with Gasteiger partial charge in [-0.25, -0.2) is 4.68 Å². The predicted octanol–water partition coefficient (Wildman–Crippen LogP) is 1.14. The highest BCUT2D eigenvalue weighted by Crippen LogP contribution is 2.35. The van der Waals surface area contributed by atoms with Crippen molar-refractivity contribution in [2.45, 2.75) is 38.6 Å². The average Bonchev–Trinajstić information content (AvgIpc) is 2.97. The van der Waals surface area contributed by atoms with E-state index >= 15 is 0 Å². The first-order chi connectivity index (χ1) is 10.6. The third-order valence-electron chi connectivity index (χ3n) is 4.26. The van der Waals surface area contributed by atoms with Crippen molar-refractivity contribution in [3.63, 3.8) is 0 Å². The molecule has 1 aliphatic rings. The quantitative estimate of drug-likeness (QED) is 0.720. The predicted molar refractivity (Wildman–Crippen MR) is 77.5 cm³/mol. The molecular weight excluding hydrogens is 284 g/mol. The Morgan fingerprint density at radius 2 is 2.23 bits per heavy atom. The van der Waals surface area contributed by atoms with Gasteiger partial charge in [-0.05, 0) is 19.8 Å². The molecule has 4 rings (SSSR count). The molecule has 8 nitrogen and oxygen atoms in total. The van der Waals surface area contributed by atoms with Gasteiger partial charge >= 0.3 is 0 Å². The fourth-order valence-electron chi connectivity index (χ4n) is 2.78. The Kier molecular flexibility index (Phi) is 2.85. The van der Waals surface area contributed by atoms with Crippen molar-refractivity contribution in [2.75, 3.05) is 0 Å². The zero-order valence-electron chi connectivity index (χ0n) is 12.5. The zero-order valence-corrected chi connectivity index (χ0v) is 12.5. The standard InChI is InChI=1S/C14H16N6O2/c1-8-10-6-15-20(14(21)12(10)19(2)17-8)7-11-16-13(22-18-11)9-4-3-5-9/h6,9H,3-5,7H2,1-2H3. The van der Waals surface area contributed by atoms with Crippen LogP contribution in [0.5, 0.6) is 0 Å². The van der Waals surface area contributed by atoms with Gasteiger partial charge in [0.25, 0.3) is 5.56 Å². The molecule has 0 saturated heterocycles. The van der Waals surface area contributed by atoms with Crippen LogP contribution in [-0.4, -0.2) is 29.7 Å². The van der Waals surface area contributed by atoms with Crippen molar-refractivity contribution in [1.82, 2.24) is 29.7 Å². The van der Waals surface area contributed by atoms with E-state index in [2.05, 4.69) is 20.3 Å². The minimum Gasteiger partial charge on any atom is -0.339 e. The van der Waals surface area contributed by atoms with Gasteiger partial charge in [-0.3, -0.25) is 9.48 Å². The Morgan fingerprint density at radius 1 is 1.41 bits per heavy atom. The smallest absolute Gasteiger partial charge is 0.293 e. The fourth-order valence-corrected chi connectivity index (χ4v) is 2.78. The first-order valence-corrected chi connectivity index (χ1v) is 7.35. The first-order valence-electron chi connectivity index (χ1n) is 7.35. The van der Waals surface area contributed by atoms with Gasteiger partial charge in [-0.2, -0.15) is 15.2 Å². The van der Waals surface area contributed by atoms with Crippen LogP contribution in [0.25, 0.3) is 10.9 Å². The van der Waals surface area contributed by atoms with E-state index in [4.69, 9.17) is 4.52 Å². The van der Waals surface area contributed by atoms with Gasteiger partial charge in [0.1, 0.15) is 12.1 Å². The van der Waals surface area contributed by atoms with Crippen LogP contribution in [0.2, 0.25) is 0 Å². The van der Waals surface area contributed by atoms with Gasteiger partial charge in [0.2, 0.25) is 5.89 Å². The Labute approximate surface area is 125 Å². The number of rotatable bonds is 3. The summed E-state index contributed by atoms with van der Waals surface area (Å²) < 4.78 is 8.20. The maximum atomic E-state index is 12.5. The summed E-state index contributed by atoms with van der Waals surface area (Å²) in [5.41, 5.74) is 1.13. The number of aromatic nitrogens is 6. The van der Waals surface area contributed by atoms with Gasteiger partial charge < -0.3 is 4.52 Å². The van der Waals surface area contributed by atoms with E-state index < -0.39 is 0 Å². The molecule has 1 saturated carbocycles. The van der Waals surface area contributed by atoms with Crippen molar-refractivity contribution in [1.29, 1.82) is 0 Å². The largest absolute Gasteiger partial charge is 0.339 e. The third kappa shape index (κ3) is 1.94. The third-order valence-corrected chi connectivity index (χ3v) is 4.26. The van der Waals surface area contributed by atoms with Crippen LogP contribution in [0, 0.1) is 6.92 Å². The van der Waals surface area contributed by atoms with Crippen molar-refractivity contribution in [3.8, 4) is 0 Å². The van der Waals surface area contributed by atoms with Crippen LogP contribution in [0.1, 0.15) is 42.6 Å². The maximum absolute atomic E-state index is 12.5. The summed E-state index contributed by atoms with van der Waals surface area (Å²) in [7, 11) is 1.75. The molecule has 3 aromatic heterocycles. The van der Waals surface area contributed by atoms with Crippen LogP contribution in [0.3, 0.4) is 0 Å². The summed E-state index contributed by atoms with van der Waals surface area (Å²) in [6.07, 6.45) is 5.06. The van der Waals surface area contributed by atoms with Crippen LogP contribution >= 0.6 is 0 Å². The molecule has 0 radical (unpaired) electrons. The van der Waals surface area contributed by atoms with Crippen LogP contribution in [0.4, 0.5) is 0 Å². The van der Waals surface area contributed by atoms with Crippen molar-refractivity contribution >= 4 is 10.9 Å². The molecule has 114 valence electrons.